The zero-order valence-corrected chi connectivity index (χ0v) is 26.6. The van der Waals surface area contributed by atoms with Crippen LogP contribution < -0.4 is 19.5 Å². The number of aromatic hydroxyl groups is 2. The standard InChI is InChI=1S/C35H40FNO9/c1-5-9-15-44-32-26-27(31(41)25-24(30(26)40)23(38)19-22(36)29(25)39)33(45-16-10-6-2)34(46-17-11-7-3)28(32)37-21-14-12-13-20(18-21)35(42)43-8-4/h12-14,18-19,37-39H,5-11,15-17H2,1-4H3. The SMILES string of the molecule is CCCCOc1c(Nc2cccc(C(=O)OCC)c2)c(OCCCC)c2c(c1OCCCC)C(=O)c1c(O)c(F)cc(O)c1C2=O. The van der Waals surface area contributed by atoms with Crippen molar-refractivity contribution >= 4 is 28.9 Å². The first-order valence-electron chi connectivity index (χ1n) is 15.7. The van der Waals surface area contributed by atoms with Crippen LogP contribution >= 0.6 is 0 Å². The van der Waals surface area contributed by atoms with Crippen molar-refractivity contribution in [3.63, 3.8) is 0 Å². The van der Waals surface area contributed by atoms with E-state index in [0.717, 1.165) is 19.3 Å². The number of ether oxygens (including phenoxy) is 4. The second kappa shape index (κ2) is 15.5. The number of anilines is 2. The second-order valence-corrected chi connectivity index (χ2v) is 10.8. The van der Waals surface area contributed by atoms with Crippen molar-refractivity contribution in [1.29, 1.82) is 0 Å². The molecule has 246 valence electrons. The summed E-state index contributed by atoms with van der Waals surface area (Å²) in [5.74, 6) is -5.51. The van der Waals surface area contributed by atoms with Crippen LogP contribution in [0.25, 0.3) is 0 Å². The minimum absolute atomic E-state index is 0.0495. The minimum atomic E-state index is -1.26. The Morgan fingerprint density at radius 2 is 1.33 bits per heavy atom. The van der Waals surface area contributed by atoms with Gasteiger partial charge >= 0.3 is 5.97 Å². The van der Waals surface area contributed by atoms with Crippen LogP contribution in [0.1, 0.15) is 108 Å². The highest BCUT2D eigenvalue weighted by Gasteiger charge is 2.43. The number of rotatable bonds is 16. The summed E-state index contributed by atoms with van der Waals surface area (Å²) >= 11 is 0. The van der Waals surface area contributed by atoms with Crippen LogP contribution in [-0.2, 0) is 4.74 Å². The van der Waals surface area contributed by atoms with Crippen LogP contribution in [0.5, 0.6) is 28.7 Å². The van der Waals surface area contributed by atoms with E-state index in [0.29, 0.717) is 31.0 Å². The minimum Gasteiger partial charge on any atom is -0.507 e. The summed E-state index contributed by atoms with van der Waals surface area (Å²) < 4.78 is 38.5. The summed E-state index contributed by atoms with van der Waals surface area (Å²) in [5.41, 5.74) is -0.861. The van der Waals surface area contributed by atoms with Crippen molar-refractivity contribution < 1.29 is 47.9 Å². The first kappa shape index (κ1) is 34.1. The third-order valence-electron chi connectivity index (χ3n) is 7.38. The molecule has 0 spiro atoms. The molecule has 3 aromatic rings. The molecule has 11 heteroatoms. The Balaban J connectivity index is 2.07. The summed E-state index contributed by atoms with van der Waals surface area (Å²) in [4.78, 5) is 41.0. The number of benzene rings is 3. The van der Waals surface area contributed by atoms with E-state index in [1.807, 2.05) is 20.8 Å². The molecule has 0 aromatic heterocycles. The van der Waals surface area contributed by atoms with Gasteiger partial charge in [-0.05, 0) is 44.4 Å². The summed E-state index contributed by atoms with van der Waals surface area (Å²) in [6.45, 7) is 8.31. The normalized spacial score (nSPS) is 11.9. The topological polar surface area (TPSA) is 141 Å². The number of phenols is 2. The van der Waals surface area contributed by atoms with Crippen molar-refractivity contribution in [2.45, 2.75) is 66.2 Å². The van der Waals surface area contributed by atoms with Gasteiger partial charge in [0.15, 0.2) is 28.8 Å². The summed E-state index contributed by atoms with van der Waals surface area (Å²) in [6.07, 6.45) is 4.15. The first-order valence-corrected chi connectivity index (χ1v) is 15.7. The Bertz CT molecular complexity index is 1620. The Labute approximate surface area is 267 Å². The number of halogens is 1. The highest BCUT2D eigenvalue weighted by molar-refractivity contribution is 6.33. The molecule has 0 saturated heterocycles. The Morgan fingerprint density at radius 3 is 1.93 bits per heavy atom. The van der Waals surface area contributed by atoms with E-state index < -0.39 is 46.0 Å². The lowest BCUT2D eigenvalue weighted by atomic mass is 9.81. The number of carbonyl (C=O) groups is 3. The molecule has 3 N–H and O–H groups in total. The quantitative estimate of drug-likeness (QED) is 0.0644. The van der Waals surface area contributed by atoms with Gasteiger partial charge in [-0.15, -0.1) is 0 Å². The summed E-state index contributed by atoms with van der Waals surface area (Å²) in [6, 6.07) is 7.10. The number of hydrogen-bond acceptors (Lipinski definition) is 10. The van der Waals surface area contributed by atoms with E-state index in [1.54, 1.807) is 31.2 Å². The number of esters is 1. The van der Waals surface area contributed by atoms with Crippen molar-refractivity contribution in [1.82, 2.24) is 0 Å². The zero-order valence-electron chi connectivity index (χ0n) is 26.6. The molecule has 10 nitrogen and oxygen atoms in total. The molecule has 1 aliphatic carbocycles. The van der Waals surface area contributed by atoms with Crippen LogP contribution in [0.4, 0.5) is 15.8 Å². The molecule has 1 aliphatic rings. The molecule has 0 aliphatic heterocycles. The summed E-state index contributed by atoms with van der Waals surface area (Å²) in [5, 5.41) is 24.5. The van der Waals surface area contributed by atoms with Gasteiger partial charge in [0.05, 0.1) is 54.2 Å². The maximum Gasteiger partial charge on any atom is 0.338 e. The van der Waals surface area contributed by atoms with Crippen LogP contribution in [0.15, 0.2) is 30.3 Å². The molecule has 3 aromatic carbocycles. The molecule has 0 unspecified atom stereocenters. The summed E-state index contributed by atoms with van der Waals surface area (Å²) in [7, 11) is 0. The van der Waals surface area contributed by atoms with Gasteiger partial charge < -0.3 is 34.5 Å². The lowest BCUT2D eigenvalue weighted by molar-refractivity contribution is 0.0526. The molecule has 0 bridgehead atoms. The molecule has 0 radical (unpaired) electrons. The second-order valence-electron chi connectivity index (χ2n) is 10.8. The van der Waals surface area contributed by atoms with Gasteiger partial charge in [-0.2, -0.15) is 0 Å². The van der Waals surface area contributed by atoms with Crippen LogP contribution in [0, 0.1) is 5.82 Å². The van der Waals surface area contributed by atoms with Crippen molar-refractivity contribution in [3.05, 3.63) is 64.0 Å². The fraction of sp³-hybridized carbons (Fsp3) is 0.400. The van der Waals surface area contributed by atoms with E-state index in [1.165, 1.54) is 0 Å². The average Bonchev–Trinajstić information content (AvgIpc) is 3.03. The van der Waals surface area contributed by atoms with Crippen LogP contribution in [0.3, 0.4) is 0 Å². The lowest BCUT2D eigenvalue weighted by Gasteiger charge is -2.29. The Kier molecular flexibility index (Phi) is 11.5. The van der Waals surface area contributed by atoms with E-state index in [2.05, 4.69) is 5.32 Å². The van der Waals surface area contributed by atoms with Gasteiger partial charge in [-0.25, -0.2) is 9.18 Å². The van der Waals surface area contributed by atoms with Crippen molar-refractivity contribution in [2.24, 2.45) is 0 Å². The third kappa shape index (κ3) is 6.88. The smallest absolute Gasteiger partial charge is 0.338 e. The molecule has 0 saturated carbocycles. The number of phenolic OH excluding ortho intramolecular Hbond substituents is 2. The molecule has 46 heavy (non-hydrogen) atoms. The van der Waals surface area contributed by atoms with Gasteiger partial charge in [0.25, 0.3) is 0 Å². The molecule has 0 fully saturated rings. The number of ketones is 2. The monoisotopic (exact) mass is 637 g/mol. The fourth-order valence-corrected chi connectivity index (χ4v) is 5.01. The van der Waals surface area contributed by atoms with Crippen molar-refractivity contribution in [3.8, 4) is 28.7 Å². The van der Waals surface area contributed by atoms with Gasteiger partial charge in [0, 0.05) is 11.8 Å². The highest BCUT2D eigenvalue weighted by Crippen LogP contribution is 2.54. The fourth-order valence-electron chi connectivity index (χ4n) is 5.01. The predicted molar refractivity (Wildman–Crippen MR) is 170 cm³/mol. The van der Waals surface area contributed by atoms with Gasteiger partial charge in [0.2, 0.25) is 11.6 Å². The molecular weight excluding hydrogens is 597 g/mol. The highest BCUT2D eigenvalue weighted by atomic mass is 19.1. The lowest BCUT2D eigenvalue weighted by Crippen LogP contribution is -2.25. The maximum atomic E-state index is 14.6. The number of unbranched alkanes of at least 4 members (excludes halogenated alkanes) is 3. The van der Waals surface area contributed by atoms with Gasteiger partial charge in [-0.3, -0.25) is 9.59 Å². The van der Waals surface area contributed by atoms with Crippen molar-refractivity contribution in [2.75, 3.05) is 31.7 Å². The first-order chi connectivity index (χ1) is 22.2. The largest absolute Gasteiger partial charge is 0.507 e. The molecular formula is C35H40FNO9. The average molecular weight is 638 g/mol. The predicted octanol–water partition coefficient (Wildman–Crippen LogP) is 7.47. The Hall–Kier alpha value is -4.80. The zero-order chi connectivity index (χ0) is 33.4. The number of carbonyl (C=O) groups excluding carboxylic acids is 3. The maximum absolute atomic E-state index is 14.6. The number of fused-ring (bicyclic) bond motifs is 2. The van der Waals surface area contributed by atoms with Gasteiger partial charge in [-0.1, -0.05) is 46.1 Å². The Morgan fingerprint density at radius 1 is 0.761 bits per heavy atom. The van der Waals surface area contributed by atoms with E-state index in [4.69, 9.17) is 18.9 Å². The van der Waals surface area contributed by atoms with E-state index in [-0.39, 0.29) is 66.1 Å². The van der Waals surface area contributed by atoms with E-state index >= 15 is 0 Å². The molecule has 0 amide bonds. The number of hydrogen-bond donors (Lipinski definition) is 3. The van der Waals surface area contributed by atoms with E-state index in [9.17, 15) is 29.0 Å². The van der Waals surface area contributed by atoms with Gasteiger partial charge in [0.1, 0.15) is 11.4 Å². The van der Waals surface area contributed by atoms with Crippen LogP contribution in [-0.4, -0.2) is 54.2 Å². The molecule has 4 rings (SSSR count). The third-order valence-corrected chi connectivity index (χ3v) is 7.38. The van der Waals surface area contributed by atoms with Crippen LogP contribution in [0.2, 0.25) is 0 Å². The molecule has 0 atom stereocenters. The number of nitrogens with one attached hydrogen (secondary N) is 1. The molecule has 0 heterocycles.